The van der Waals surface area contributed by atoms with Gasteiger partial charge < -0.3 is 14.2 Å². The van der Waals surface area contributed by atoms with E-state index >= 15 is 0 Å². The van der Waals surface area contributed by atoms with E-state index in [4.69, 9.17) is 14.2 Å². The molecule has 7 heteroatoms. The molecule has 1 saturated heterocycles. The third-order valence-corrected chi connectivity index (χ3v) is 5.60. The molecule has 31 heavy (non-hydrogen) atoms. The zero-order valence-electron chi connectivity index (χ0n) is 18.1. The van der Waals surface area contributed by atoms with Crippen molar-refractivity contribution in [2.75, 3.05) is 26.9 Å². The molecule has 1 aliphatic rings. The third-order valence-electron chi connectivity index (χ3n) is 4.69. The fourth-order valence-electron chi connectivity index (χ4n) is 3.02. The first-order valence-corrected chi connectivity index (χ1v) is 11.1. The highest BCUT2D eigenvalue weighted by atomic mass is 32.2. The minimum absolute atomic E-state index is 0.198. The molecule has 1 fully saturated rings. The van der Waals surface area contributed by atoms with Gasteiger partial charge in [-0.05, 0) is 66.6 Å². The predicted molar refractivity (Wildman–Crippen MR) is 123 cm³/mol. The second kappa shape index (κ2) is 10.9. The monoisotopic (exact) mass is 441 g/mol. The Bertz CT molecular complexity index is 972. The number of amides is 2. The number of aryl methyl sites for hydroxylation is 1. The largest absolute Gasteiger partial charge is 0.493 e. The maximum Gasteiger partial charge on any atom is 0.293 e. The highest BCUT2D eigenvalue weighted by molar-refractivity contribution is 8.18. The molecule has 0 atom stereocenters. The van der Waals surface area contributed by atoms with Gasteiger partial charge >= 0.3 is 0 Å². The summed E-state index contributed by atoms with van der Waals surface area (Å²) in [6, 6.07) is 13.1. The summed E-state index contributed by atoms with van der Waals surface area (Å²) in [7, 11) is 1.58. The van der Waals surface area contributed by atoms with E-state index in [0.29, 0.717) is 23.0 Å². The number of thioether (sulfide) groups is 1. The summed E-state index contributed by atoms with van der Waals surface area (Å²) < 4.78 is 16.8. The van der Waals surface area contributed by atoms with Gasteiger partial charge in [0, 0.05) is 0 Å². The molecular weight excluding hydrogens is 414 g/mol. The minimum Gasteiger partial charge on any atom is -0.493 e. The third kappa shape index (κ3) is 6.04. The van der Waals surface area contributed by atoms with Crippen molar-refractivity contribution in [2.45, 2.75) is 26.7 Å². The number of unbranched alkanes of at least 4 members (excludes halogenated alkanes) is 1. The van der Waals surface area contributed by atoms with E-state index in [1.54, 1.807) is 19.3 Å². The van der Waals surface area contributed by atoms with E-state index in [-0.39, 0.29) is 24.3 Å². The van der Waals surface area contributed by atoms with Crippen molar-refractivity contribution >= 4 is 29.0 Å². The number of hydrogen-bond acceptors (Lipinski definition) is 6. The Morgan fingerprint density at radius 1 is 1.03 bits per heavy atom. The first-order valence-electron chi connectivity index (χ1n) is 10.3. The van der Waals surface area contributed by atoms with E-state index in [9.17, 15) is 9.59 Å². The average molecular weight is 442 g/mol. The smallest absolute Gasteiger partial charge is 0.293 e. The first kappa shape index (κ1) is 22.7. The Kier molecular flexibility index (Phi) is 8.00. The van der Waals surface area contributed by atoms with Gasteiger partial charge in [0.1, 0.15) is 12.4 Å². The summed E-state index contributed by atoms with van der Waals surface area (Å²) in [6.07, 6.45) is 3.71. The highest BCUT2D eigenvalue weighted by Crippen LogP contribution is 2.34. The molecule has 1 heterocycles. The van der Waals surface area contributed by atoms with Crippen LogP contribution in [0.15, 0.2) is 47.4 Å². The van der Waals surface area contributed by atoms with Gasteiger partial charge in [0.05, 0.1) is 25.2 Å². The Labute approximate surface area is 187 Å². The number of imide groups is 1. The van der Waals surface area contributed by atoms with Gasteiger partial charge in [-0.3, -0.25) is 14.5 Å². The number of carbonyl (C=O) groups excluding carboxylic acids is 2. The van der Waals surface area contributed by atoms with Crippen LogP contribution in [0.2, 0.25) is 0 Å². The topological polar surface area (TPSA) is 65.1 Å². The van der Waals surface area contributed by atoms with Crippen LogP contribution in [0, 0.1) is 6.92 Å². The predicted octanol–water partition coefficient (Wildman–Crippen LogP) is 5.30. The maximum absolute atomic E-state index is 12.7. The zero-order valence-corrected chi connectivity index (χ0v) is 18.9. The van der Waals surface area contributed by atoms with Crippen molar-refractivity contribution in [3.8, 4) is 17.2 Å². The molecule has 6 nitrogen and oxygen atoms in total. The fraction of sp³-hybridized carbons (Fsp3) is 0.333. The van der Waals surface area contributed by atoms with Crippen molar-refractivity contribution < 1.29 is 23.8 Å². The molecule has 0 N–H and O–H groups in total. The second-order valence-electron chi connectivity index (χ2n) is 7.11. The van der Waals surface area contributed by atoms with Crippen LogP contribution < -0.4 is 14.2 Å². The van der Waals surface area contributed by atoms with E-state index in [2.05, 4.69) is 6.92 Å². The van der Waals surface area contributed by atoms with Crippen LogP contribution in [-0.2, 0) is 4.79 Å². The Morgan fingerprint density at radius 2 is 1.87 bits per heavy atom. The number of methoxy groups -OCH3 is 1. The van der Waals surface area contributed by atoms with Gasteiger partial charge in [0.25, 0.3) is 11.1 Å². The lowest BCUT2D eigenvalue weighted by molar-refractivity contribution is -0.123. The van der Waals surface area contributed by atoms with Crippen LogP contribution in [0.3, 0.4) is 0 Å². The van der Waals surface area contributed by atoms with Crippen molar-refractivity contribution in [3.05, 3.63) is 58.5 Å². The molecule has 0 saturated carbocycles. The highest BCUT2D eigenvalue weighted by Gasteiger charge is 2.34. The Morgan fingerprint density at radius 3 is 2.61 bits per heavy atom. The van der Waals surface area contributed by atoms with Gasteiger partial charge in [-0.1, -0.05) is 31.5 Å². The first-order chi connectivity index (χ1) is 15.0. The van der Waals surface area contributed by atoms with Gasteiger partial charge in [-0.15, -0.1) is 0 Å². The standard InChI is InChI=1S/C24H27NO5S/c1-4-5-12-30-20-10-9-18(15-21(20)28-3)16-22-23(26)25(24(27)31-22)11-13-29-19-8-6-7-17(2)14-19/h6-10,14-16H,4-5,11-13H2,1-3H3/b22-16-. The zero-order chi connectivity index (χ0) is 22.2. The van der Waals surface area contributed by atoms with Crippen LogP contribution in [0.25, 0.3) is 6.08 Å². The lowest BCUT2D eigenvalue weighted by Gasteiger charge is -2.13. The molecule has 3 rings (SSSR count). The summed E-state index contributed by atoms with van der Waals surface area (Å²) in [5, 5.41) is -0.296. The molecule has 2 aromatic rings. The van der Waals surface area contributed by atoms with Gasteiger partial charge in [-0.2, -0.15) is 0 Å². The van der Waals surface area contributed by atoms with Crippen molar-refractivity contribution in [1.82, 2.24) is 4.90 Å². The lowest BCUT2D eigenvalue weighted by Crippen LogP contribution is -2.32. The minimum atomic E-state index is -0.315. The molecule has 0 radical (unpaired) electrons. The van der Waals surface area contributed by atoms with Crippen LogP contribution in [-0.4, -0.2) is 42.9 Å². The summed E-state index contributed by atoms with van der Waals surface area (Å²) in [5.74, 6) is 1.66. The molecule has 0 unspecified atom stereocenters. The second-order valence-corrected chi connectivity index (χ2v) is 8.10. The molecule has 0 aromatic heterocycles. The molecule has 1 aliphatic heterocycles. The van der Waals surface area contributed by atoms with E-state index in [1.807, 2.05) is 43.3 Å². The molecule has 0 spiro atoms. The van der Waals surface area contributed by atoms with Gasteiger partial charge in [0.15, 0.2) is 11.5 Å². The van der Waals surface area contributed by atoms with E-state index in [0.717, 1.165) is 41.5 Å². The van der Waals surface area contributed by atoms with Crippen LogP contribution in [0.4, 0.5) is 4.79 Å². The molecule has 0 aliphatic carbocycles. The summed E-state index contributed by atoms with van der Waals surface area (Å²) in [4.78, 5) is 26.6. The molecule has 0 bridgehead atoms. The SMILES string of the molecule is CCCCOc1ccc(/C=C2\SC(=O)N(CCOc3cccc(C)c3)C2=O)cc1OC. The quantitative estimate of drug-likeness (QED) is 0.368. The van der Waals surface area contributed by atoms with Gasteiger partial charge in [-0.25, -0.2) is 0 Å². The van der Waals surface area contributed by atoms with E-state index < -0.39 is 0 Å². The maximum atomic E-state index is 12.7. The molecule has 2 aromatic carbocycles. The molecular formula is C24H27NO5S. The average Bonchev–Trinajstić information content (AvgIpc) is 3.02. The molecule has 164 valence electrons. The van der Waals surface area contributed by atoms with Gasteiger partial charge in [0.2, 0.25) is 0 Å². The Hall–Kier alpha value is -2.93. The van der Waals surface area contributed by atoms with Crippen LogP contribution >= 0.6 is 11.8 Å². The fourth-order valence-corrected chi connectivity index (χ4v) is 3.89. The number of rotatable bonds is 10. The van der Waals surface area contributed by atoms with Crippen molar-refractivity contribution in [2.24, 2.45) is 0 Å². The summed E-state index contributed by atoms with van der Waals surface area (Å²) >= 11 is 0.931. The number of benzene rings is 2. The van der Waals surface area contributed by atoms with Crippen molar-refractivity contribution in [1.29, 1.82) is 0 Å². The van der Waals surface area contributed by atoms with Crippen LogP contribution in [0.1, 0.15) is 30.9 Å². The van der Waals surface area contributed by atoms with Crippen molar-refractivity contribution in [3.63, 3.8) is 0 Å². The normalized spacial score (nSPS) is 14.9. The summed E-state index contributed by atoms with van der Waals surface area (Å²) in [5.41, 5.74) is 1.85. The molecule has 2 amide bonds. The lowest BCUT2D eigenvalue weighted by atomic mass is 10.2. The van der Waals surface area contributed by atoms with E-state index in [1.165, 1.54) is 4.90 Å². The number of nitrogens with zero attached hydrogens (tertiary/aromatic N) is 1. The van der Waals surface area contributed by atoms with Crippen LogP contribution in [0.5, 0.6) is 17.2 Å². The number of hydrogen-bond donors (Lipinski definition) is 0. The Balaban J connectivity index is 1.64. The number of carbonyl (C=O) groups is 2. The summed E-state index contributed by atoms with van der Waals surface area (Å²) in [6.45, 7) is 5.14. The number of ether oxygens (including phenoxy) is 3.